The first-order valence-corrected chi connectivity index (χ1v) is 8.35. The molecule has 1 rings (SSSR count). The third-order valence-corrected chi connectivity index (χ3v) is 4.82. The molecule has 1 N–H and O–H groups in total. The Bertz CT molecular complexity index is 227. The minimum absolute atomic E-state index is 0.0493. The van der Waals surface area contributed by atoms with E-state index < -0.39 is 0 Å². The normalized spacial score (nSPS) is 25.3. The van der Waals surface area contributed by atoms with E-state index in [-0.39, 0.29) is 5.60 Å². The van der Waals surface area contributed by atoms with Crippen molar-refractivity contribution in [3.63, 3.8) is 0 Å². The summed E-state index contributed by atoms with van der Waals surface area (Å²) in [5, 5.41) is 3.64. The van der Waals surface area contributed by atoms with Crippen LogP contribution in [0.1, 0.15) is 72.1 Å². The highest BCUT2D eigenvalue weighted by Gasteiger charge is 2.26. The number of nitrogens with one attached hydrogen (secondary N) is 1. The highest BCUT2D eigenvalue weighted by molar-refractivity contribution is 4.79. The molecule has 1 aliphatic rings. The first-order valence-electron chi connectivity index (χ1n) is 8.35. The Hall–Kier alpha value is -0.0800. The van der Waals surface area contributed by atoms with Crippen molar-refractivity contribution >= 4 is 0 Å². The van der Waals surface area contributed by atoms with Crippen LogP contribution >= 0.6 is 0 Å². The molecular formula is C17H35NO. The summed E-state index contributed by atoms with van der Waals surface area (Å²) in [5.41, 5.74) is 0.0493. The van der Waals surface area contributed by atoms with Crippen LogP contribution in [-0.4, -0.2) is 25.8 Å². The molecule has 114 valence electrons. The van der Waals surface area contributed by atoms with Gasteiger partial charge < -0.3 is 10.1 Å². The van der Waals surface area contributed by atoms with Crippen LogP contribution in [0.5, 0.6) is 0 Å². The van der Waals surface area contributed by atoms with Crippen LogP contribution in [-0.2, 0) is 4.74 Å². The molecule has 1 aliphatic carbocycles. The Morgan fingerprint density at radius 1 is 1.11 bits per heavy atom. The first kappa shape index (κ1) is 17.0. The van der Waals surface area contributed by atoms with Gasteiger partial charge in [0.25, 0.3) is 0 Å². The van der Waals surface area contributed by atoms with E-state index in [2.05, 4.69) is 26.1 Å². The lowest BCUT2D eigenvalue weighted by Crippen LogP contribution is -2.30. The monoisotopic (exact) mass is 269 g/mol. The highest BCUT2D eigenvalue weighted by Crippen LogP contribution is 2.33. The fraction of sp³-hybridized carbons (Fsp3) is 1.00. The summed E-state index contributed by atoms with van der Waals surface area (Å²) in [4.78, 5) is 0. The SMILES string of the molecule is CCCNCC1CCCCCC1CCC(C)(C)OC. The van der Waals surface area contributed by atoms with Crippen LogP contribution in [0.25, 0.3) is 0 Å². The molecule has 2 nitrogen and oxygen atoms in total. The predicted octanol–water partition coefficient (Wildman–Crippen LogP) is 4.39. The van der Waals surface area contributed by atoms with Gasteiger partial charge in [0.05, 0.1) is 5.60 Å². The molecule has 0 spiro atoms. The van der Waals surface area contributed by atoms with E-state index in [0.29, 0.717) is 0 Å². The van der Waals surface area contributed by atoms with Gasteiger partial charge in [-0.3, -0.25) is 0 Å². The maximum atomic E-state index is 5.58. The molecule has 1 saturated carbocycles. The van der Waals surface area contributed by atoms with Crippen LogP contribution in [0.3, 0.4) is 0 Å². The summed E-state index contributed by atoms with van der Waals surface area (Å²) in [6.07, 6.45) is 10.9. The Labute approximate surface area is 120 Å². The molecule has 1 fully saturated rings. The third kappa shape index (κ3) is 6.76. The molecule has 0 aromatic rings. The van der Waals surface area contributed by atoms with E-state index in [1.807, 2.05) is 7.11 Å². The van der Waals surface area contributed by atoms with Gasteiger partial charge in [-0.25, -0.2) is 0 Å². The third-order valence-electron chi connectivity index (χ3n) is 4.82. The van der Waals surface area contributed by atoms with Gasteiger partial charge in [-0.1, -0.05) is 32.6 Å². The molecule has 2 unspecified atom stereocenters. The lowest BCUT2D eigenvalue weighted by molar-refractivity contribution is 0.00780. The zero-order valence-electron chi connectivity index (χ0n) is 13.6. The van der Waals surface area contributed by atoms with Gasteiger partial charge >= 0.3 is 0 Å². The van der Waals surface area contributed by atoms with Gasteiger partial charge in [-0.2, -0.15) is 0 Å². The topological polar surface area (TPSA) is 21.3 Å². The molecule has 0 heterocycles. The largest absolute Gasteiger partial charge is 0.379 e. The smallest absolute Gasteiger partial charge is 0.0622 e. The predicted molar refractivity (Wildman–Crippen MR) is 83.5 cm³/mol. The van der Waals surface area contributed by atoms with Crippen LogP contribution in [0.4, 0.5) is 0 Å². The molecule has 0 amide bonds. The summed E-state index contributed by atoms with van der Waals surface area (Å²) >= 11 is 0. The van der Waals surface area contributed by atoms with Crippen molar-refractivity contribution in [2.75, 3.05) is 20.2 Å². The van der Waals surface area contributed by atoms with Gasteiger partial charge in [0.15, 0.2) is 0 Å². The van der Waals surface area contributed by atoms with Gasteiger partial charge in [0.1, 0.15) is 0 Å². The zero-order valence-corrected chi connectivity index (χ0v) is 13.6. The molecule has 0 saturated heterocycles. The molecule has 0 bridgehead atoms. The highest BCUT2D eigenvalue weighted by atomic mass is 16.5. The molecule has 2 heteroatoms. The van der Waals surface area contributed by atoms with Crippen LogP contribution in [0.2, 0.25) is 0 Å². The van der Waals surface area contributed by atoms with E-state index in [1.54, 1.807) is 0 Å². The van der Waals surface area contributed by atoms with Crippen LogP contribution < -0.4 is 5.32 Å². The molecule has 0 aromatic heterocycles. The Kier molecular flexibility index (Phi) is 8.01. The number of ether oxygens (including phenoxy) is 1. The molecule has 19 heavy (non-hydrogen) atoms. The number of hydrogen-bond donors (Lipinski definition) is 1. The maximum Gasteiger partial charge on any atom is 0.0622 e. The minimum atomic E-state index is 0.0493. The van der Waals surface area contributed by atoms with Crippen molar-refractivity contribution in [2.24, 2.45) is 11.8 Å². The fourth-order valence-electron chi connectivity index (χ4n) is 3.21. The average molecular weight is 269 g/mol. The lowest BCUT2D eigenvalue weighted by atomic mass is 9.82. The summed E-state index contributed by atoms with van der Waals surface area (Å²) < 4.78 is 5.58. The summed E-state index contributed by atoms with van der Waals surface area (Å²) in [7, 11) is 1.84. The van der Waals surface area contributed by atoms with Gasteiger partial charge in [-0.15, -0.1) is 0 Å². The number of rotatable bonds is 8. The zero-order chi connectivity index (χ0) is 14.1. The molecule has 0 aliphatic heterocycles. The Morgan fingerprint density at radius 2 is 1.79 bits per heavy atom. The summed E-state index contributed by atoms with van der Waals surface area (Å²) in [5.74, 6) is 1.79. The number of methoxy groups -OCH3 is 1. The van der Waals surface area contributed by atoms with Crippen LogP contribution in [0.15, 0.2) is 0 Å². The Balaban J connectivity index is 2.43. The van der Waals surface area contributed by atoms with Gasteiger partial charge in [0.2, 0.25) is 0 Å². The molecule has 2 atom stereocenters. The van der Waals surface area contributed by atoms with Crippen LogP contribution in [0, 0.1) is 11.8 Å². The van der Waals surface area contributed by atoms with Gasteiger partial charge in [-0.05, 0) is 64.5 Å². The van der Waals surface area contributed by atoms with Gasteiger partial charge in [0, 0.05) is 7.11 Å². The van der Waals surface area contributed by atoms with E-state index in [1.165, 1.54) is 64.5 Å². The minimum Gasteiger partial charge on any atom is -0.379 e. The molecule has 0 radical (unpaired) electrons. The van der Waals surface area contributed by atoms with Crippen molar-refractivity contribution in [3.05, 3.63) is 0 Å². The lowest BCUT2D eigenvalue weighted by Gasteiger charge is -2.30. The first-order chi connectivity index (χ1) is 9.09. The van der Waals surface area contributed by atoms with E-state index >= 15 is 0 Å². The van der Waals surface area contributed by atoms with E-state index in [4.69, 9.17) is 4.74 Å². The average Bonchev–Trinajstić information content (AvgIpc) is 2.62. The second-order valence-corrected chi connectivity index (χ2v) is 6.86. The summed E-state index contributed by atoms with van der Waals surface area (Å²) in [6, 6.07) is 0. The van der Waals surface area contributed by atoms with Crippen molar-refractivity contribution in [1.29, 1.82) is 0 Å². The fourth-order valence-corrected chi connectivity index (χ4v) is 3.21. The van der Waals surface area contributed by atoms with Crippen molar-refractivity contribution in [1.82, 2.24) is 5.32 Å². The standard InChI is InChI=1S/C17H35NO/c1-5-13-18-14-16-10-8-6-7-9-15(16)11-12-17(2,3)19-4/h15-16,18H,5-14H2,1-4H3. The molecule has 0 aromatic carbocycles. The van der Waals surface area contributed by atoms with Crippen molar-refractivity contribution in [2.45, 2.75) is 77.7 Å². The number of hydrogen-bond acceptors (Lipinski definition) is 2. The van der Waals surface area contributed by atoms with E-state index in [9.17, 15) is 0 Å². The molecular weight excluding hydrogens is 234 g/mol. The Morgan fingerprint density at radius 3 is 2.42 bits per heavy atom. The quantitative estimate of drug-likeness (QED) is 0.521. The van der Waals surface area contributed by atoms with Crippen molar-refractivity contribution < 1.29 is 4.74 Å². The van der Waals surface area contributed by atoms with Crippen molar-refractivity contribution in [3.8, 4) is 0 Å². The maximum absolute atomic E-state index is 5.58. The second kappa shape index (κ2) is 8.97. The second-order valence-electron chi connectivity index (χ2n) is 6.86. The van der Waals surface area contributed by atoms with E-state index in [0.717, 1.165) is 11.8 Å². The summed E-state index contributed by atoms with van der Waals surface area (Å²) in [6.45, 7) is 9.08.